The van der Waals surface area contributed by atoms with Crippen molar-refractivity contribution in [1.29, 1.82) is 0 Å². The van der Waals surface area contributed by atoms with Crippen molar-refractivity contribution in [2.24, 2.45) is 0 Å². The molecule has 1 saturated carbocycles. The summed E-state index contributed by atoms with van der Waals surface area (Å²) in [7, 11) is 0. The highest BCUT2D eigenvalue weighted by Crippen LogP contribution is 2.32. The minimum atomic E-state index is -0.238. The number of thioether (sulfide) groups is 1. The maximum Gasteiger partial charge on any atom is 0.262 e. The predicted molar refractivity (Wildman–Crippen MR) is 145 cm³/mol. The molecule has 1 aliphatic carbocycles. The number of hydrogen-bond donors (Lipinski definition) is 1. The second-order valence-corrected chi connectivity index (χ2v) is 10.3. The first kappa shape index (κ1) is 24.5. The van der Waals surface area contributed by atoms with Crippen molar-refractivity contribution < 1.29 is 4.79 Å². The van der Waals surface area contributed by atoms with Gasteiger partial charge in [-0.25, -0.2) is 4.98 Å². The van der Waals surface area contributed by atoms with Gasteiger partial charge in [-0.2, -0.15) is 0 Å². The Labute approximate surface area is 219 Å². The van der Waals surface area contributed by atoms with Crippen LogP contribution in [-0.2, 0) is 12.3 Å². The number of nitrogens with zero attached hydrogens (tertiary/aromatic N) is 3. The van der Waals surface area contributed by atoms with E-state index in [9.17, 15) is 9.59 Å². The van der Waals surface area contributed by atoms with E-state index in [4.69, 9.17) is 16.6 Å². The van der Waals surface area contributed by atoms with E-state index in [0.29, 0.717) is 38.9 Å². The third kappa shape index (κ3) is 5.47. The standard InChI is InChI=1S/C28H27ClN4O2S/c29-24-12-5-4-8-20(24)17-31-26(34)19-13-14-23-25(16-19)32-28(36-18-21-9-6-7-15-30-21)33(27(23)35)22-10-2-1-3-11-22/h4-9,12-16,22H,1-3,10-11,17-18H2,(H,31,34). The maximum atomic E-state index is 13.7. The van der Waals surface area contributed by atoms with Gasteiger partial charge in [0.2, 0.25) is 0 Å². The van der Waals surface area contributed by atoms with Gasteiger partial charge in [-0.3, -0.25) is 19.1 Å². The summed E-state index contributed by atoms with van der Waals surface area (Å²) in [6.45, 7) is 0.318. The van der Waals surface area contributed by atoms with Crippen LogP contribution in [0.5, 0.6) is 0 Å². The van der Waals surface area contributed by atoms with Crippen LogP contribution < -0.4 is 10.9 Å². The second kappa shape index (κ2) is 11.3. The van der Waals surface area contributed by atoms with Gasteiger partial charge in [-0.05, 0) is 54.8 Å². The lowest BCUT2D eigenvalue weighted by Gasteiger charge is -2.26. The topological polar surface area (TPSA) is 76.9 Å². The molecule has 2 aromatic heterocycles. The molecule has 0 radical (unpaired) electrons. The van der Waals surface area contributed by atoms with Gasteiger partial charge in [-0.1, -0.05) is 66.9 Å². The lowest BCUT2D eigenvalue weighted by Crippen LogP contribution is -2.29. The molecule has 0 unspecified atom stereocenters. The summed E-state index contributed by atoms with van der Waals surface area (Å²) >= 11 is 7.73. The molecule has 4 aromatic rings. The van der Waals surface area contributed by atoms with Crippen LogP contribution in [0.2, 0.25) is 5.02 Å². The first-order valence-electron chi connectivity index (χ1n) is 12.2. The summed E-state index contributed by atoms with van der Waals surface area (Å²) in [5.41, 5.74) is 2.71. The van der Waals surface area contributed by atoms with Crippen LogP contribution in [0.3, 0.4) is 0 Å². The Morgan fingerprint density at radius 1 is 1.06 bits per heavy atom. The zero-order valence-electron chi connectivity index (χ0n) is 19.8. The number of aromatic nitrogens is 3. The highest BCUT2D eigenvalue weighted by atomic mass is 35.5. The summed E-state index contributed by atoms with van der Waals surface area (Å²) in [5.74, 6) is 0.376. The van der Waals surface area contributed by atoms with Gasteiger partial charge in [0.15, 0.2) is 5.16 Å². The van der Waals surface area contributed by atoms with E-state index in [-0.39, 0.29) is 17.5 Å². The molecule has 0 saturated heterocycles. The van der Waals surface area contributed by atoms with E-state index in [1.807, 2.05) is 41.0 Å². The summed E-state index contributed by atoms with van der Waals surface area (Å²) in [5, 5.41) is 4.73. The van der Waals surface area contributed by atoms with Crippen LogP contribution in [0.1, 0.15) is 59.8 Å². The smallest absolute Gasteiger partial charge is 0.262 e. The molecular formula is C28H27ClN4O2S. The Balaban J connectivity index is 1.46. The van der Waals surface area contributed by atoms with Gasteiger partial charge >= 0.3 is 0 Å². The van der Waals surface area contributed by atoms with Crippen LogP contribution >= 0.6 is 23.4 Å². The number of nitrogens with one attached hydrogen (secondary N) is 1. The number of halogens is 1. The first-order valence-corrected chi connectivity index (χ1v) is 13.6. The van der Waals surface area contributed by atoms with Gasteiger partial charge in [-0.15, -0.1) is 0 Å². The van der Waals surface area contributed by atoms with Gasteiger partial charge in [0.05, 0.1) is 16.6 Å². The van der Waals surface area contributed by atoms with Crippen LogP contribution in [0, 0.1) is 0 Å². The van der Waals surface area contributed by atoms with Crippen molar-refractivity contribution in [3.05, 3.63) is 99.1 Å². The van der Waals surface area contributed by atoms with E-state index in [1.54, 1.807) is 30.5 Å². The molecule has 36 heavy (non-hydrogen) atoms. The molecule has 1 amide bonds. The number of pyridine rings is 1. The summed E-state index contributed by atoms with van der Waals surface area (Å²) in [6, 6.07) is 18.5. The number of fused-ring (bicyclic) bond motifs is 1. The third-order valence-corrected chi connectivity index (χ3v) is 7.90. The lowest BCUT2D eigenvalue weighted by molar-refractivity contribution is 0.0951. The van der Waals surface area contributed by atoms with E-state index in [1.165, 1.54) is 18.2 Å². The fraction of sp³-hybridized carbons (Fsp3) is 0.286. The molecule has 184 valence electrons. The zero-order chi connectivity index (χ0) is 24.9. The van der Waals surface area contributed by atoms with E-state index < -0.39 is 0 Å². The molecule has 0 spiro atoms. The molecule has 6 nitrogen and oxygen atoms in total. The summed E-state index contributed by atoms with van der Waals surface area (Å²) < 4.78 is 1.88. The van der Waals surface area contributed by atoms with Crippen molar-refractivity contribution in [3.63, 3.8) is 0 Å². The van der Waals surface area contributed by atoms with E-state index in [2.05, 4.69) is 10.3 Å². The predicted octanol–water partition coefficient (Wildman–Crippen LogP) is 6.17. The third-order valence-electron chi connectivity index (χ3n) is 6.54. The molecular weight excluding hydrogens is 492 g/mol. The number of rotatable bonds is 7. The maximum absolute atomic E-state index is 13.7. The zero-order valence-corrected chi connectivity index (χ0v) is 21.4. The lowest BCUT2D eigenvalue weighted by atomic mass is 9.95. The number of hydrogen-bond acceptors (Lipinski definition) is 5. The SMILES string of the molecule is O=C(NCc1ccccc1Cl)c1ccc2c(=O)n(C3CCCCC3)c(SCc3ccccn3)nc2c1. The number of carbonyl (C=O) groups is 1. The fourth-order valence-electron chi connectivity index (χ4n) is 4.62. The van der Waals surface area contributed by atoms with Gasteiger partial charge in [0.1, 0.15) is 0 Å². The van der Waals surface area contributed by atoms with Crippen molar-refractivity contribution in [1.82, 2.24) is 19.9 Å². The highest BCUT2D eigenvalue weighted by molar-refractivity contribution is 7.98. The van der Waals surface area contributed by atoms with Gasteiger partial charge in [0.25, 0.3) is 11.5 Å². The van der Waals surface area contributed by atoms with E-state index in [0.717, 1.165) is 36.9 Å². The molecule has 1 N–H and O–H groups in total. The number of carbonyl (C=O) groups excluding carboxylic acids is 1. The monoisotopic (exact) mass is 518 g/mol. The second-order valence-electron chi connectivity index (χ2n) is 8.98. The molecule has 1 fully saturated rings. The average molecular weight is 519 g/mol. The van der Waals surface area contributed by atoms with Crippen LogP contribution in [0.25, 0.3) is 10.9 Å². The minimum Gasteiger partial charge on any atom is -0.348 e. The van der Waals surface area contributed by atoms with Gasteiger partial charge in [0, 0.05) is 35.1 Å². The largest absolute Gasteiger partial charge is 0.348 e. The summed E-state index contributed by atoms with van der Waals surface area (Å²) in [4.78, 5) is 35.9. The quantitative estimate of drug-likeness (QED) is 0.234. The van der Waals surface area contributed by atoms with Gasteiger partial charge < -0.3 is 5.32 Å². The molecule has 2 aromatic carbocycles. The highest BCUT2D eigenvalue weighted by Gasteiger charge is 2.22. The molecule has 1 aliphatic rings. The molecule has 0 atom stereocenters. The van der Waals surface area contributed by atoms with Crippen LogP contribution in [0.15, 0.2) is 76.8 Å². The van der Waals surface area contributed by atoms with Crippen LogP contribution in [0.4, 0.5) is 0 Å². The molecule has 0 aliphatic heterocycles. The fourth-order valence-corrected chi connectivity index (χ4v) is 5.81. The Hall–Kier alpha value is -3.16. The molecule has 5 rings (SSSR count). The molecule has 0 bridgehead atoms. The Kier molecular flexibility index (Phi) is 7.68. The average Bonchev–Trinajstić information content (AvgIpc) is 2.92. The van der Waals surface area contributed by atoms with Crippen molar-refractivity contribution in [3.8, 4) is 0 Å². The Morgan fingerprint density at radius 2 is 1.86 bits per heavy atom. The van der Waals surface area contributed by atoms with E-state index >= 15 is 0 Å². The molecule has 8 heteroatoms. The number of benzene rings is 2. The number of amides is 1. The van der Waals surface area contributed by atoms with Crippen LogP contribution in [-0.4, -0.2) is 20.4 Å². The first-order chi connectivity index (χ1) is 17.6. The van der Waals surface area contributed by atoms with Crippen molar-refractivity contribution >= 4 is 40.2 Å². The Morgan fingerprint density at radius 3 is 2.64 bits per heavy atom. The normalized spacial score (nSPS) is 14.1. The Bertz CT molecular complexity index is 1430. The molecule has 2 heterocycles. The van der Waals surface area contributed by atoms with Crippen molar-refractivity contribution in [2.45, 2.75) is 55.6 Å². The summed E-state index contributed by atoms with van der Waals surface area (Å²) in [6.07, 6.45) is 7.16. The minimum absolute atomic E-state index is 0.0431. The van der Waals surface area contributed by atoms with Crippen molar-refractivity contribution in [2.75, 3.05) is 0 Å².